The fourth-order valence-corrected chi connectivity index (χ4v) is 7.87. The Bertz CT molecular complexity index is 1780. The molecule has 46 heavy (non-hydrogen) atoms. The van der Waals surface area contributed by atoms with E-state index in [0.717, 1.165) is 49.2 Å². The number of benzene rings is 2. The number of aliphatic imine (C=N–C) groups is 1. The number of rotatable bonds is 7. The lowest BCUT2D eigenvalue weighted by molar-refractivity contribution is -0.108. The van der Waals surface area contributed by atoms with Gasteiger partial charge in [0.15, 0.2) is 12.3 Å². The second-order valence-electron chi connectivity index (χ2n) is 14.0. The average Bonchev–Trinajstić information content (AvgIpc) is 3.55. The van der Waals surface area contributed by atoms with Gasteiger partial charge in [-0.05, 0) is 90.5 Å². The number of nitrogens with zero attached hydrogens (tertiary/aromatic N) is 8. The number of hydrogen-bond acceptors (Lipinski definition) is 7. The van der Waals surface area contributed by atoms with E-state index < -0.39 is 0 Å². The number of halogens is 1. The van der Waals surface area contributed by atoms with Crippen molar-refractivity contribution < 1.29 is 4.39 Å². The largest absolute Gasteiger partial charge is 0.340 e. The first kappa shape index (κ1) is 30.5. The van der Waals surface area contributed by atoms with E-state index in [4.69, 9.17) is 9.98 Å². The van der Waals surface area contributed by atoms with Gasteiger partial charge in [0.25, 0.3) is 5.56 Å². The second kappa shape index (κ2) is 12.2. The Hall–Kier alpha value is -4.19. The Kier molecular flexibility index (Phi) is 8.08. The number of tetrazole rings is 1. The van der Waals surface area contributed by atoms with Crippen molar-refractivity contribution in [1.82, 2.24) is 40.0 Å². The Labute approximate surface area is 268 Å². The van der Waals surface area contributed by atoms with Crippen molar-refractivity contribution in [3.05, 3.63) is 76.4 Å². The van der Waals surface area contributed by atoms with Crippen LogP contribution >= 0.6 is 0 Å². The molecular weight excluding hydrogens is 583 g/mol. The number of aryl methyl sites for hydroxylation is 1. The predicted molar refractivity (Wildman–Crippen MR) is 176 cm³/mol. The van der Waals surface area contributed by atoms with E-state index in [1.165, 1.54) is 29.7 Å². The highest BCUT2D eigenvalue weighted by molar-refractivity contribution is 5.96. The minimum atomic E-state index is -0.288. The molecule has 8 rings (SSSR count). The van der Waals surface area contributed by atoms with Crippen LogP contribution in [0, 0.1) is 29.0 Å². The van der Waals surface area contributed by atoms with Crippen LogP contribution in [0.3, 0.4) is 0 Å². The van der Waals surface area contributed by atoms with Gasteiger partial charge in [-0.2, -0.15) is 4.80 Å². The van der Waals surface area contributed by atoms with Gasteiger partial charge >= 0.3 is 0 Å². The molecule has 4 fully saturated rings. The second-order valence-corrected chi connectivity index (χ2v) is 14.0. The third kappa shape index (κ3) is 5.90. The first-order chi connectivity index (χ1) is 22.2. The lowest BCUT2D eigenvalue weighted by Crippen LogP contribution is -2.57. The highest BCUT2D eigenvalue weighted by atomic mass is 19.1. The first-order valence-electron chi connectivity index (χ1n) is 16.5. The van der Waals surface area contributed by atoms with Gasteiger partial charge in [-0.1, -0.05) is 32.9 Å². The van der Waals surface area contributed by atoms with Gasteiger partial charge in [0.1, 0.15) is 18.2 Å². The molecular formula is C34H43FN10O. The molecule has 0 amide bonds. The van der Waals surface area contributed by atoms with Gasteiger partial charge in [0, 0.05) is 37.9 Å². The zero-order valence-corrected chi connectivity index (χ0v) is 27.0. The van der Waals surface area contributed by atoms with E-state index in [0.29, 0.717) is 53.0 Å². The zero-order chi connectivity index (χ0) is 32.0. The molecule has 4 aromatic rings. The molecule has 2 bridgehead atoms. The summed E-state index contributed by atoms with van der Waals surface area (Å²) in [4.78, 5) is 28.0. The van der Waals surface area contributed by atoms with E-state index in [-0.39, 0.29) is 24.0 Å². The smallest absolute Gasteiger partial charge is 0.261 e. The monoisotopic (exact) mass is 626 g/mol. The maximum Gasteiger partial charge on any atom is 0.261 e. The van der Waals surface area contributed by atoms with Crippen LogP contribution in [0.5, 0.6) is 0 Å². The third-order valence-corrected chi connectivity index (χ3v) is 10.8. The predicted octanol–water partition coefficient (Wildman–Crippen LogP) is 3.95. The van der Waals surface area contributed by atoms with E-state index in [9.17, 15) is 9.18 Å². The Balaban J connectivity index is 1.21. The van der Waals surface area contributed by atoms with Gasteiger partial charge in [0.2, 0.25) is 0 Å². The van der Waals surface area contributed by atoms with Crippen molar-refractivity contribution in [2.45, 2.75) is 72.1 Å². The maximum atomic E-state index is 13.9. The van der Waals surface area contributed by atoms with E-state index in [1.807, 2.05) is 18.2 Å². The first-order valence-corrected chi connectivity index (χ1v) is 16.5. The summed E-state index contributed by atoms with van der Waals surface area (Å²) in [6.07, 6.45) is 4.34. The van der Waals surface area contributed by atoms with Crippen LogP contribution in [0.25, 0.3) is 10.9 Å². The molecule has 0 spiro atoms. The van der Waals surface area contributed by atoms with Crippen LogP contribution in [-0.4, -0.2) is 72.3 Å². The number of anilines is 1. The van der Waals surface area contributed by atoms with Crippen molar-refractivity contribution in [3.8, 4) is 0 Å². The zero-order valence-electron chi connectivity index (χ0n) is 27.0. The van der Waals surface area contributed by atoms with Gasteiger partial charge in [0.05, 0.1) is 16.9 Å². The molecule has 4 aliphatic rings. The van der Waals surface area contributed by atoms with Gasteiger partial charge in [-0.25, -0.2) is 14.4 Å². The average molecular weight is 627 g/mol. The van der Waals surface area contributed by atoms with Crippen LogP contribution in [0.1, 0.15) is 51.9 Å². The van der Waals surface area contributed by atoms with E-state index in [2.05, 4.69) is 58.6 Å². The molecule has 2 aromatic heterocycles. The summed E-state index contributed by atoms with van der Waals surface area (Å²) in [5, 5.41) is 19.7. The molecule has 1 aliphatic heterocycles. The summed E-state index contributed by atoms with van der Waals surface area (Å²) in [6, 6.07) is 12.7. The molecule has 242 valence electrons. The van der Waals surface area contributed by atoms with Gasteiger partial charge in [-0.15, -0.1) is 10.2 Å². The molecule has 3 saturated carbocycles. The summed E-state index contributed by atoms with van der Waals surface area (Å²) in [7, 11) is 0. The SMILES string of the molecule is CC1CN(C(=NC2CC3CC(C2C)C3(C)C)Nc2ccc3c(=O)n(CCc4ccc(F)cc4)c(Cn4ncnn4)nc3c2)CCN1. The maximum absolute atomic E-state index is 13.9. The van der Waals surface area contributed by atoms with Crippen molar-refractivity contribution in [2.75, 3.05) is 25.0 Å². The summed E-state index contributed by atoms with van der Waals surface area (Å²) in [6.45, 7) is 12.6. The van der Waals surface area contributed by atoms with Crippen molar-refractivity contribution in [3.63, 3.8) is 0 Å². The van der Waals surface area contributed by atoms with Crippen LogP contribution < -0.4 is 16.2 Å². The Morgan fingerprint density at radius 3 is 2.70 bits per heavy atom. The molecule has 1 saturated heterocycles. The molecule has 2 aromatic carbocycles. The van der Waals surface area contributed by atoms with E-state index in [1.54, 1.807) is 16.7 Å². The summed E-state index contributed by atoms with van der Waals surface area (Å²) >= 11 is 0. The molecule has 11 nitrogen and oxygen atoms in total. The van der Waals surface area contributed by atoms with Crippen molar-refractivity contribution in [1.29, 1.82) is 0 Å². The molecule has 12 heteroatoms. The number of aromatic nitrogens is 6. The summed E-state index contributed by atoms with van der Waals surface area (Å²) in [5.74, 6) is 3.08. The molecule has 0 radical (unpaired) electrons. The van der Waals surface area contributed by atoms with Crippen LogP contribution in [0.15, 0.2) is 58.6 Å². The number of guanidine groups is 1. The standard InChI is InChI=1S/C34H43FN10O/c1-21-18-43(14-12-36-21)33(41-29-16-24-15-28(22(29)2)34(24,3)4)39-26-9-10-27-30(17-26)40-31(19-45-38-20-37-42-45)44(32(27)46)13-11-23-5-7-25(35)8-6-23/h5-10,17,20-22,24,28-29,36H,11-16,18-19H2,1-4H3,(H,39,41). The molecule has 3 heterocycles. The number of hydrogen-bond donors (Lipinski definition) is 2. The fraction of sp³-hybridized carbons (Fsp3) is 0.529. The highest BCUT2D eigenvalue weighted by Crippen LogP contribution is 2.61. The Morgan fingerprint density at radius 1 is 1.15 bits per heavy atom. The third-order valence-electron chi connectivity index (χ3n) is 10.8. The lowest BCUT2D eigenvalue weighted by Gasteiger charge is -2.61. The fourth-order valence-electron chi connectivity index (χ4n) is 7.87. The number of piperazine rings is 1. The molecule has 5 unspecified atom stereocenters. The van der Waals surface area contributed by atoms with Crippen LogP contribution in [0.4, 0.5) is 10.1 Å². The van der Waals surface area contributed by atoms with Crippen molar-refractivity contribution in [2.24, 2.45) is 28.2 Å². The summed E-state index contributed by atoms with van der Waals surface area (Å²) in [5.41, 5.74) is 2.62. The topological polar surface area (TPSA) is 118 Å². The normalized spacial score (nSPS) is 25.8. The molecule has 5 atom stereocenters. The molecule has 3 aliphatic carbocycles. The molecule has 2 N–H and O–H groups in total. The minimum Gasteiger partial charge on any atom is -0.340 e. The van der Waals surface area contributed by atoms with Crippen LogP contribution in [-0.2, 0) is 19.5 Å². The minimum absolute atomic E-state index is 0.142. The highest BCUT2D eigenvalue weighted by Gasteiger charge is 2.56. The van der Waals surface area contributed by atoms with Crippen LogP contribution in [0.2, 0.25) is 0 Å². The Morgan fingerprint density at radius 2 is 1.98 bits per heavy atom. The quantitative estimate of drug-likeness (QED) is 0.234. The van der Waals surface area contributed by atoms with E-state index >= 15 is 0 Å². The van der Waals surface area contributed by atoms with Crippen molar-refractivity contribution >= 4 is 22.5 Å². The lowest BCUT2D eigenvalue weighted by atomic mass is 9.45. The summed E-state index contributed by atoms with van der Waals surface area (Å²) < 4.78 is 15.1. The number of nitrogens with one attached hydrogen (secondary N) is 2. The number of fused-ring (bicyclic) bond motifs is 3. The van der Waals surface area contributed by atoms with Gasteiger partial charge in [-0.3, -0.25) is 9.36 Å². The van der Waals surface area contributed by atoms with Gasteiger partial charge < -0.3 is 15.5 Å².